The van der Waals surface area contributed by atoms with Crippen LogP contribution in [0.25, 0.3) is 0 Å². The molecule has 112 valence electrons. The van der Waals surface area contributed by atoms with Crippen LogP contribution >= 0.6 is 11.6 Å². The van der Waals surface area contributed by atoms with E-state index in [9.17, 15) is 19.2 Å². The summed E-state index contributed by atoms with van der Waals surface area (Å²) < 4.78 is 13.8. The summed E-state index contributed by atoms with van der Waals surface area (Å²) in [7, 11) is 0. The van der Waals surface area contributed by atoms with Crippen LogP contribution in [0, 0.1) is 0 Å². The van der Waals surface area contributed by atoms with Crippen LogP contribution in [0.3, 0.4) is 0 Å². The molecule has 20 heavy (non-hydrogen) atoms. The van der Waals surface area contributed by atoms with Gasteiger partial charge in [-0.1, -0.05) is 6.58 Å². The Balaban J connectivity index is 3.64. The van der Waals surface area contributed by atoms with E-state index >= 15 is 0 Å². The SMILES string of the molecule is C=C(C)C(=O)OCCOC(=O)COC(=O)CCC(=O)Cl. The molecule has 0 saturated heterocycles. The number of carbonyl (C=O) groups is 4. The van der Waals surface area contributed by atoms with E-state index in [0.29, 0.717) is 0 Å². The molecule has 0 rings (SSSR count). The number of rotatable bonds is 9. The second-order valence-electron chi connectivity index (χ2n) is 3.65. The Morgan fingerprint density at radius 1 is 0.950 bits per heavy atom. The van der Waals surface area contributed by atoms with E-state index in [1.165, 1.54) is 6.92 Å². The van der Waals surface area contributed by atoms with Gasteiger partial charge in [0.1, 0.15) is 13.2 Å². The van der Waals surface area contributed by atoms with E-state index in [2.05, 4.69) is 20.8 Å². The quantitative estimate of drug-likeness (QED) is 0.204. The van der Waals surface area contributed by atoms with E-state index < -0.39 is 29.8 Å². The number of halogens is 1. The predicted molar refractivity (Wildman–Crippen MR) is 67.8 cm³/mol. The van der Waals surface area contributed by atoms with Crippen LogP contribution in [0.5, 0.6) is 0 Å². The fourth-order valence-electron chi connectivity index (χ4n) is 0.867. The van der Waals surface area contributed by atoms with Crippen LogP contribution in [0.15, 0.2) is 12.2 Å². The monoisotopic (exact) mass is 306 g/mol. The van der Waals surface area contributed by atoms with Gasteiger partial charge in [0.05, 0.1) is 6.42 Å². The zero-order valence-electron chi connectivity index (χ0n) is 11.0. The first-order valence-corrected chi connectivity index (χ1v) is 6.03. The summed E-state index contributed by atoms with van der Waals surface area (Å²) in [5.41, 5.74) is 0.235. The Kier molecular flexibility index (Phi) is 9.02. The van der Waals surface area contributed by atoms with E-state index in [1.54, 1.807) is 0 Å². The molecular formula is C12H15ClO7. The molecule has 0 aliphatic carbocycles. The van der Waals surface area contributed by atoms with Crippen molar-refractivity contribution in [3.8, 4) is 0 Å². The molecule has 0 aromatic carbocycles. The van der Waals surface area contributed by atoms with Gasteiger partial charge in [0.15, 0.2) is 6.61 Å². The summed E-state index contributed by atoms with van der Waals surface area (Å²) in [5.74, 6) is -2.11. The zero-order chi connectivity index (χ0) is 15.5. The zero-order valence-corrected chi connectivity index (χ0v) is 11.7. The molecule has 0 unspecified atom stereocenters. The molecule has 0 N–H and O–H groups in total. The van der Waals surface area contributed by atoms with Crippen molar-refractivity contribution in [2.75, 3.05) is 19.8 Å². The number of carbonyl (C=O) groups excluding carboxylic acids is 4. The Hall–Kier alpha value is -1.89. The number of esters is 3. The Bertz CT molecular complexity index is 403. The fourth-order valence-corrected chi connectivity index (χ4v) is 0.961. The normalized spacial score (nSPS) is 9.50. The van der Waals surface area contributed by atoms with Crippen molar-refractivity contribution >= 4 is 34.8 Å². The average Bonchev–Trinajstić information content (AvgIpc) is 2.38. The first-order valence-electron chi connectivity index (χ1n) is 5.65. The molecule has 0 amide bonds. The molecule has 0 aliphatic heterocycles. The highest BCUT2D eigenvalue weighted by Crippen LogP contribution is 1.97. The highest BCUT2D eigenvalue weighted by atomic mass is 35.5. The highest BCUT2D eigenvalue weighted by molar-refractivity contribution is 6.63. The maximum atomic E-state index is 11.1. The van der Waals surface area contributed by atoms with Gasteiger partial charge in [-0.3, -0.25) is 9.59 Å². The predicted octanol–water partition coefficient (Wildman–Crippen LogP) is 0.738. The second kappa shape index (κ2) is 9.96. The van der Waals surface area contributed by atoms with Gasteiger partial charge in [0.2, 0.25) is 5.24 Å². The van der Waals surface area contributed by atoms with E-state index in [4.69, 9.17) is 11.6 Å². The van der Waals surface area contributed by atoms with Gasteiger partial charge in [-0.05, 0) is 18.5 Å². The molecule has 8 heteroatoms. The summed E-state index contributed by atoms with van der Waals surface area (Å²) in [5, 5.41) is -0.663. The van der Waals surface area contributed by atoms with Gasteiger partial charge in [-0.15, -0.1) is 0 Å². The molecule has 0 fully saturated rings. The smallest absolute Gasteiger partial charge is 0.344 e. The van der Waals surface area contributed by atoms with Crippen LogP contribution in [0.2, 0.25) is 0 Å². The van der Waals surface area contributed by atoms with Gasteiger partial charge in [0, 0.05) is 12.0 Å². The van der Waals surface area contributed by atoms with Crippen molar-refractivity contribution in [3.05, 3.63) is 12.2 Å². The maximum Gasteiger partial charge on any atom is 0.344 e. The lowest BCUT2D eigenvalue weighted by Crippen LogP contribution is -2.19. The molecule has 7 nitrogen and oxygen atoms in total. The Morgan fingerprint density at radius 2 is 1.55 bits per heavy atom. The molecule has 0 spiro atoms. The molecule has 0 saturated carbocycles. The molecule has 0 aromatic rings. The average molecular weight is 307 g/mol. The summed E-state index contributed by atoms with van der Waals surface area (Å²) in [6.45, 7) is 4.00. The fraction of sp³-hybridized carbons (Fsp3) is 0.500. The van der Waals surface area contributed by atoms with Crippen molar-refractivity contribution in [2.45, 2.75) is 19.8 Å². The maximum absolute atomic E-state index is 11.1. The molecule has 0 heterocycles. The van der Waals surface area contributed by atoms with Gasteiger partial charge in [-0.25, -0.2) is 9.59 Å². The third-order valence-corrected chi connectivity index (χ3v) is 1.99. The van der Waals surface area contributed by atoms with Gasteiger partial charge >= 0.3 is 17.9 Å². The molecule has 0 atom stereocenters. The minimum Gasteiger partial charge on any atom is -0.460 e. The molecule has 0 aromatic heterocycles. The van der Waals surface area contributed by atoms with Crippen molar-refractivity contribution in [2.24, 2.45) is 0 Å². The number of ether oxygens (including phenoxy) is 3. The van der Waals surface area contributed by atoms with E-state index in [1.807, 2.05) is 0 Å². The third-order valence-electron chi connectivity index (χ3n) is 1.80. The standard InChI is InChI=1S/C12H15ClO7/c1-8(2)12(17)19-6-5-18-11(16)7-20-10(15)4-3-9(13)14/h1,3-7H2,2H3. The lowest BCUT2D eigenvalue weighted by molar-refractivity contribution is -0.160. The van der Waals surface area contributed by atoms with Crippen LogP contribution in [0.1, 0.15) is 19.8 Å². The van der Waals surface area contributed by atoms with Crippen molar-refractivity contribution in [1.29, 1.82) is 0 Å². The van der Waals surface area contributed by atoms with Crippen LogP contribution < -0.4 is 0 Å². The molecular weight excluding hydrogens is 292 g/mol. The molecule has 0 aliphatic rings. The molecule has 0 radical (unpaired) electrons. The first-order chi connectivity index (χ1) is 9.32. The van der Waals surface area contributed by atoms with E-state index in [-0.39, 0.29) is 31.6 Å². The summed E-state index contributed by atoms with van der Waals surface area (Å²) >= 11 is 5.03. The van der Waals surface area contributed by atoms with Gasteiger partial charge < -0.3 is 14.2 Å². The summed E-state index contributed by atoms with van der Waals surface area (Å²) in [4.78, 5) is 43.5. The second-order valence-corrected chi connectivity index (χ2v) is 4.07. The van der Waals surface area contributed by atoms with Crippen molar-refractivity contribution < 1.29 is 33.4 Å². The third kappa shape index (κ3) is 10.1. The minimum atomic E-state index is -0.790. The van der Waals surface area contributed by atoms with Crippen LogP contribution in [-0.4, -0.2) is 43.0 Å². The summed E-state index contributed by atoms with van der Waals surface area (Å²) in [6, 6.07) is 0. The lowest BCUT2D eigenvalue weighted by atomic mass is 10.3. The molecule has 0 bridgehead atoms. The Labute approximate surface area is 120 Å². The van der Waals surface area contributed by atoms with Crippen LogP contribution in [0.4, 0.5) is 0 Å². The van der Waals surface area contributed by atoms with Gasteiger partial charge in [0.25, 0.3) is 0 Å². The van der Waals surface area contributed by atoms with Crippen molar-refractivity contribution in [1.82, 2.24) is 0 Å². The largest absolute Gasteiger partial charge is 0.460 e. The van der Waals surface area contributed by atoms with Gasteiger partial charge in [-0.2, -0.15) is 0 Å². The number of hydrogen-bond acceptors (Lipinski definition) is 7. The lowest BCUT2D eigenvalue weighted by Gasteiger charge is -2.06. The first kappa shape index (κ1) is 18.1. The van der Waals surface area contributed by atoms with E-state index in [0.717, 1.165) is 0 Å². The minimum absolute atomic E-state index is 0.119. The van der Waals surface area contributed by atoms with Crippen molar-refractivity contribution in [3.63, 3.8) is 0 Å². The van der Waals surface area contributed by atoms with Crippen LogP contribution in [-0.2, 0) is 33.4 Å². The summed E-state index contributed by atoms with van der Waals surface area (Å²) in [6.07, 6.45) is -0.363. The number of hydrogen-bond donors (Lipinski definition) is 0. The topological polar surface area (TPSA) is 96.0 Å². The Morgan fingerprint density at radius 3 is 2.10 bits per heavy atom. The highest BCUT2D eigenvalue weighted by Gasteiger charge is 2.10.